The van der Waals surface area contributed by atoms with Gasteiger partial charge in [0.2, 0.25) is 11.8 Å². The van der Waals surface area contributed by atoms with Crippen LogP contribution in [0.2, 0.25) is 0 Å². The van der Waals surface area contributed by atoms with Crippen LogP contribution in [0.3, 0.4) is 0 Å². The van der Waals surface area contributed by atoms with Crippen molar-refractivity contribution >= 4 is 11.8 Å². The first-order valence-electron chi connectivity index (χ1n) is 6.23. The van der Waals surface area contributed by atoms with Crippen molar-refractivity contribution in [3.8, 4) is 0 Å². The van der Waals surface area contributed by atoms with E-state index in [-0.39, 0.29) is 18.5 Å². The van der Waals surface area contributed by atoms with Gasteiger partial charge in [-0.3, -0.25) is 4.79 Å². The standard InChI is InChI=1S/C14H18N2O2/c1-3-18-14-11(2)16(13(17)9-15-14)10-12-7-5-4-6-8-12/h4-8,11H,3,9-10H2,1-2H3/t11-/m1/s1. The number of rotatable bonds is 3. The van der Waals surface area contributed by atoms with Crippen LogP contribution in [-0.2, 0) is 16.1 Å². The molecule has 0 saturated carbocycles. The summed E-state index contributed by atoms with van der Waals surface area (Å²) in [5.74, 6) is 0.711. The van der Waals surface area contributed by atoms with Gasteiger partial charge in [0.15, 0.2) is 0 Å². The minimum absolute atomic E-state index is 0.0507. The predicted molar refractivity (Wildman–Crippen MR) is 70.4 cm³/mol. The number of hydrogen-bond donors (Lipinski definition) is 0. The van der Waals surface area contributed by atoms with Crippen molar-refractivity contribution in [3.05, 3.63) is 35.9 Å². The summed E-state index contributed by atoms with van der Waals surface area (Å²) in [7, 11) is 0. The molecule has 1 atom stereocenters. The van der Waals surface area contributed by atoms with E-state index in [1.165, 1.54) is 0 Å². The van der Waals surface area contributed by atoms with E-state index in [1.807, 2.05) is 49.1 Å². The van der Waals surface area contributed by atoms with Crippen LogP contribution < -0.4 is 0 Å². The number of nitrogens with zero attached hydrogens (tertiary/aromatic N) is 2. The van der Waals surface area contributed by atoms with Gasteiger partial charge in [-0.15, -0.1) is 0 Å². The number of hydrogen-bond acceptors (Lipinski definition) is 3. The first-order valence-corrected chi connectivity index (χ1v) is 6.23. The number of aliphatic imine (C=N–C) groups is 1. The summed E-state index contributed by atoms with van der Waals surface area (Å²) in [6, 6.07) is 9.88. The monoisotopic (exact) mass is 246 g/mol. The van der Waals surface area contributed by atoms with Crippen molar-refractivity contribution in [2.45, 2.75) is 26.4 Å². The van der Waals surface area contributed by atoms with E-state index in [4.69, 9.17) is 4.74 Å². The van der Waals surface area contributed by atoms with Crippen molar-refractivity contribution in [1.29, 1.82) is 0 Å². The summed E-state index contributed by atoms with van der Waals surface area (Å²) >= 11 is 0. The van der Waals surface area contributed by atoms with Crippen molar-refractivity contribution in [2.75, 3.05) is 13.2 Å². The molecule has 2 rings (SSSR count). The van der Waals surface area contributed by atoms with Crippen LogP contribution in [0, 0.1) is 0 Å². The molecule has 0 fully saturated rings. The zero-order valence-corrected chi connectivity index (χ0v) is 10.8. The van der Waals surface area contributed by atoms with E-state index in [0.717, 1.165) is 5.56 Å². The Balaban J connectivity index is 2.12. The third-order valence-electron chi connectivity index (χ3n) is 3.00. The highest BCUT2D eigenvalue weighted by molar-refractivity contribution is 5.93. The molecule has 0 bridgehead atoms. The van der Waals surface area contributed by atoms with Crippen LogP contribution in [0.4, 0.5) is 0 Å². The van der Waals surface area contributed by atoms with Crippen LogP contribution >= 0.6 is 0 Å². The summed E-state index contributed by atoms with van der Waals surface area (Å²) < 4.78 is 5.47. The minimum atomic E-state index is -0.0913. The molecular formula is C14H18N2O2. The molecule has 4 heteroatoms. The Morgan fingerprint density at radius 1 is 1.39 bits per heavy atom. The average molecular weight is 246 g/mol. The van der Waals surface area contributed by atoms with Gasteiger partial charge < -0.3 is 9.64 Å². The van der Waals surface area contributed by atoms with E-state index in [9.17, 15) is 4.79 Å². The fraction of sp³-hybridized carbons (Fsp3) is 0.429. The number of amides is 1. The maximum absolute atomic E-state index is 11.9. The van der Waals surface area contributed by atoms with Gasteiger partial charge in [-0.05, 0) is 19.4 Å². The minimum Gasteiger partial charge on any atom is -0.480 e. The summed E-state index contributed by atoms with van der Waals surface area (Å²) in [5.41, 5.74) is 1.12. The normalized spacial score (nSPS) is 19.7. The van der Waals surface area contributed by atoms with Gasteiger partial charge in [-0.1, -0.05) is 30.3 Å². The van der Waals surface area contributed by atoms with E-state index in [0.29, 0.717) is 19.0 Å². The molecule has 1 aromatic rings. The Morgan fingerprint density at radius 3 is 2.78 bits per heavy atom. The lowest BCUT2D eigenvalue weighted by Gasteiger charge is -2.32. The Labute approximate surface area is 107 Å². The van der Waals surface area contributed by atoms with Gasteiger partial charge in [-0.2, -0.15) is 0 Å². The highest BCUT2D eigenvalue weighted by atomic mass is 16.5. The molecular weight excluding hydrogens is 228 g/mol. The van der Waals surface area contributed by atoms with Crippen LogP contribution in [-0.4, -0.2) is 35.9 Å². The summed E-state index contributed by atoms with van der Waals surface area (Å²) in [6.45, 7) is 5.25. The zero-order chi connectivity index (χ0) is 13.0. The van der Waals surface area contributed by atoms with Crippen molar-refractivity contribution in [3.63, 3.8) is 0 Å². The number of ether oxygens (including phenoxy) is 1. The van der Waals surface area contributed by atoms with E-state index in [2.05, 4.69) is 4.99 Å². The lowest BCUT2D eigenvalue weighted by Crippen LogP contribution is -2.48. The van der Waals surface area contributed by atoms with Crippen LogP contribution in [0.1, 0.15) is 19.4 Å². The molecule has 4 nitrogen and oxygen atoms in total. The number of benzene rings is 1. The molecule has 1 heterocycles. The topological polar surface area (TPSA) is 41.9 Å². The molecule has 0 saturated heterocycles. The van der Waals surface area contributed by atoms with Crippen LogP contribution in [0.25, 0.3) is 0 Å². The Hall–Kier alpha value is -1.84. The lowest BCUT2D eigenvalue weighted by molar-refractivity contribution is -0.132. The average Bonchev–Trinajstić information content (AvgIpc) is 2.39. The van der Waals surface area contributed by atoms with Crippen LogP contribution in [0.5, 0.6) is 0 Å². The summed E-state index contributed by atoms with van der Waals surface area (Å²) in [5, 5.41) is 0. The van der Waals surface area contributed by atoms with E-state index >= 15 is 0 Å². The molecule has 0 aliphatic carbocycles. The quantitative estimate of drug-likeness (QED) is 0.816. The zero-order valence-electron chi connectivity index (χ0n) is 10.8. The van der Waals surface area contributed by atoms with Gasteiger partial charge >= 0.3 is 0 Å². The highest BCUT2D eigenvalue weighted by Gasteiger charge is 2.29. The second kappa shape index (κ2) is 5.67. The Kier molecular flexibility index (Phi) is 3.97. The second-order valence-electron chi connectivity index (χ2n) is 4.27. The predicted octanol–water partition coefficient (Wildman–Crippen LogP) is 1.85. The molecule has 96 valence electrons. The van der Waals surface area contributed by atoms with Gasteiger partial charge in [-0.25, -0.2) is 4.99 Å². The molecule has 0 aromatic heterocycles. The fourth-order valence-corrected chi connectivity index (χ4v) is 2.04. The van der Waals surface area contributed by atoms with Gasteiger partial charge in [0, 0.05) is 6.54 Å². The molecule has 1 aliphatic rings. The SMILES string of the molecule is CCOC1=NCC(=O)N(Cc2ccccc2)[C@@H]1C. The molecule has 1 aliphatic heterocycles. The fourth-order valence-electron chi connectivity index (χ4n) is 2.04. The van der Waals surface area contributed by atoms with Crippen LogP contribution in [0.15, 0.2) is 35.3 Å². The second-order valence-corrected chi connectivity index (χ2v) is 4.27. The molecule has 18 heavy (non-hydrogen) atoms. The third kappa shape index (κ3) is 2.70. The molecule has 0 radical (unpaired) electrons. The first-order chi connectivity index (χ1) is 8.72. The van der Waals surface area contributed by atoms with Crippen molar-refractivity contribution in [2.24, 2.45) is 4.99 Å². The third-order valence-corrected chi connectivity index (χ3v) is 3.00. The molecule has 0 N–H and O–H groups in total. The largest absolute Gasteiger partial charge is 0.480 e. The smallest absolute Gasteiger partial charge is 0.245 e. The highest BCUT2D eigenvalue weighted by Crippen LogP contribution is 2.14. The molecule has 1 amide bonds. The molecule has 1 aromatic carbocycles. The van der Waals surface area contributed by atoms with Gasteiger partial charge in [0.25, 0.3) is 0 Å². The summed E-state index contributed by atoms with van der Waals surface area (Å²) in [6.07, 6.45) is 0. The van der Waals surface area contributed by atoms with E-state index < -0.39 is 0 Å². The van der Waals surface area contributed by atoms with Crippen molar-refractivity contribution in [1.82, 2.24) is 4.90 Å². The van der Waals surface area contributed by atoms with Crippen molar-refractivity contribution < 1.29 is 9.53 Å². The maximum Gasteiger partial charge on any atom is 0.245 e. The molecule has 0 unspecified atom stereocenters. The summed E-state index contributed by atoms with van der Waals surface area (Å²) in [4.78, 5) is 17.9. The Bertz CT molecular complexity index is 442. The first kappa shape index (κ1) is 12.6. The van der Waals surface area contributed by atoms with Gasteiger partial charge in [0.05, 0.1) is 6.61 Å². The number of carbonyl (C=O) groups excluding carboxylic acids is 1. The lowest BCUT2D eigenvalue weighted by atomic mass is 10.1. The Morgan fingerprint density at radius 2 is 2.11 bits per heavy atom. The number of carbonyl (C=O) groups is 1. The maximum atomic E-state index is 11.9. The molecule has 0 spiro atoms. The van der Waals surface area contributed by atoms with E-state index in [1.54, 1.807) is 0 Å². The van der Waals surface area contributed by atoms with Gasteiger partial charge in [0.1, 0.15) is 12.6 Å².